The summed E-state index contributed by atoms with van der Waals surface area (Å²) in [6.07, 6.45) is 0. The SMILES string of the molecule is COC(=O)CN1C(=N)c2ccc([N+](=O)[O-])cc2C1=O. The van der Waals surface area contributed by atoms with Gasteiger partial charge in [0.15, 0.2) is 0 Å². The first-order chi connectivity index (χ1) is 8.95. The number of nitrogens with zero attached hydrogens (tertiary/aromatic N) is 2. The summed E-state index contributed by atoms with van der Waals surface area (Å²) >= 11 is 0. The topological polar surface area (TPSA) is 114 Å². The third kappa shape index (κ3) is 2.03. The second-order valence-electron chi connectivity index (χ2n) is 3.80. The third-order valence-corrected chi connectivity index (χ3v) is 2.73. The van der Waals surface area contributed by atoms with Crippen molar-refractivity contribution < 1.29 is 19.2 Å². The number of nitro groups is 1. The van der Waals surface area contributed by atoms with Gasteiger partial charge in [-0.05, 0) is 6.07 Å². The summed E-state index contributed by atoms with van der Waals surface area (Å²) in [5.74, 6) is -1.45. The first kappa shape index (κ1) is 12.7. The maximum atomic E-state index is 12.0. The molecule has 0 fully saturated rings. The number of nitrogens with one attached hydrogen (secondary N) is 1. The second-order valence-corrected chi connectivity index (χ2v) is 3.80. The number of methoxy groups -OCH3 is 1. The van der Waals surface area contributed by atoms with Crippen molar-refractivity contribution in [3.8, 4) is 0 Å². The highest BCUT2D eigenvalue weighted by Gasteiger charge is 2.35. The van der Waals surface area contributed by atoms with Gasteiger partial charge in [-0.1, -0.05) is 0 Å². The van der Waals surface area contributed by atoms with Crippen LogP contribution in [0.1, 0.15) is 15.9 Å². The van der Waals surface area contributed by atoms with Gasteiger partial charge in [-0.2, -0.15) is 0 Å². The molecule has 1 aliphatic heterocycles. The van der Waals surface area contributed by atoms with Crippen molar-refractivity contribution in [2.75, 3.05) is 13.7 Å². The van der Waals surface area contributed by atoms with Crippen molar-refractivity contribution in [3.05, 3.63) is 39.4 Å². The number of benzene rings is 1. The van der Waals surface area contributed by atoms with Gasteiger partial charge in [0.2, 0.25) is 0 Å². The number of ether oxygens (including phenoxy) is 1. The van der Waals surface area contributed by atoms with Crippen LogP contribution in [0.2, 0.25) is 0 Å². The molecular weight excluding hydrogens is 254 g/mol. The Balaban J connectivity index is 2.38. The van der Waals surface area contributed by atoms with Crippen LogP contribution in [0.25, 0.3) is 0 Å². The normalized spacial score (nSPS) is 13.4. The average Bonchev–Trinajstić information content (AvgIpc) is 2.63. The summed E-state index contributed by atoms with van der Waals surface area (Å²) in [6, 6.07) is 3.64. The highest BCUT2D eigenvalue weighted by molar-refractivity contribution is 6.23. The van der Waals surface area contributed by atoms with E-state index >= 15 is 0 Å². The molecule has 1 aromatic carbocycles. The minimum absolute atomic E-state index is 0.0445. The number of rotatable bonds is 3. The molecule has 0 saturated heterocycles. The van der Waals surface area contributed by atoms with E-state index in [4.69, 9.17) is 5.41 Å². The van der Waals surface area contributed by atoms with Crippen molar-refractivity contribution >= 4 is 23.4 Å². The molecule has 0 unspecified atom stereocenters. The lowest BCUT2D eigenvalue weighted by atomic mass is 10.1. The largest absolute Gasteiger partial charge is 0.468 e. The van der Waals surface area contributed by atoms with E-state index in [1.165, 1.54) is 19.2 Å². The van der Waals surface area contributed by atoms with E-state index in [1.54, 1.807) is 0 Å². The lowest BCUT2D eigenvalue weighted by Crippen LogP contribution is -2.35. The molecule has 1 N–H and O–H groups in total. The van der Waals surface area contributed by atoms with E-state index in [1.807, 2.05) is 0 Å². The number of hydrogen-bond acceptors (Lipinski definition) is 6. The molecule has 1 heterocycles. The smallest absolute Gasteiger partial charge is 0.325 e. The Labute approximate surface area is 107 Å². The van der Waals surface area contributed by atoms with Crippen molar-refractivity contribution in [2.45, 2.75) is 0 Å². The van der Waals surface area contributed by atoms with Gasteiger partial charge in [0.25, 0.3) is 11.6 Å². The zero-order valence-corrected chi connectivity index (χ0v) is 9.87. The predicted octanol–water partition coefficient (Wildman–Crippen LogP) is 0.549. The van der Waals surface area contributed by atoms with E-state index in [0.29, 0.717) is 0 Å². The Morgan fingerprint density at radius 2 is 2.16 bits per heavy atom. The fourth-order valence-corrected chi connectivity index (χ4v) is 1.77. The fraction of sp³-hybridized carbons (Fsp3) is 0.182. The molecule has 0 aromatic heterocycles. The Kier molecular flexibility index (Phi) is 2.99. The molecular formula is C11H9N3O5. The first-order valence-electron chi connectivity index (χ1n) is 5.21. The van der Waals surface area contributed by atoms with Gasteiger partial charge in [0, 0.05) is 17.7 Å². The maximum absolute atomic E-state index is 12.0. The summed E-state index contributed by atoms with van der Waals surface area (Å²) < 4.78 is 4.43. The van der Waals surface area contributed by atoms with Crippen LogP contribution < -0.4 is 0 Å². The average molecular weight is 263 g/mol. The number of nitro benzene ring substituents is 1. The molecule has 0 spiro atoms. The maximum Gasteiger partial charge on any atom is 0.325 e. The Bertz CT molecular complexity index is 610. The number of carbonyl (C=O) groups is 2. The van der Waals surface area contributed by atoms with Crippen LogP contribution in [0.15, 0.2) is 18.2 Å². The van der Waals surface area contributed by atoms with E-state index in [9.17, 15) is 19.7 Å². The van der Waals surface area contributed by atoms with Crippen molar-refractivity contribution in [1.82, 2.24) is 4.90 Å². The van der Waals surface area contributed by atoms with E-state index in [2.05, 4.69) is 4.74 Å². The van der Waals surface area contributed by atoms with Crippen LogP contribution in [0.5, 0.6) is 0 Å². The number of non-ortho nitro benzene ring substituents is 1. The summed E-state index contributed by atoms with van der Waals surface area (Å²) in [5.41, 5.74) is 0.0717. The molecule has 98 valence electrons. The highest BCUT2D eigenvalue weighted by Crippen LogP contribution is 2.26. The lowest BCUT2D eigenvalue weighted by Gasteiger charge is -2.13. The van der Waals surface area contributed by atoms with Gasteiger partial charge in [-0.25, -0.2) is 0 Å². The van der Waals surface area contributed by atoms with Crippen molar-refractivity contribution in [3.63, 3.8) is 0 Å². The van der Waals surface area contributed by atoms with E-state index in [0.717, 1.165) is 11.0 Å². The van der Waals surface area contributed by atoms with Gasteiger partial charge < -0.3 is 4.74 Å². The van der Waals surface area contributed by atoms with E-state index in [-0.39, 0.29) is 22.6 Å². The van der Waals surface area contributed by atoms with Crippen LogP contribution in [-0.2, 0) is 9.53 Å². The molecule has 8 nitrogen and oxygen atoms in total. The summed E-state index contributed by atoms with van der Waals surface area (Å²) in [6.45, 7) is -0.392. The number of amidine groups is 1. The van der Waals surface area contributed by atoms with Crippen LogP contribution in [0.4, 0.5) is 5.69 Å². The van der Waals surface area contributed by atoms with Gasteiger partial charge in [0.1, 0.15) is 12.4 Å². The molecule has 1 amide bonds. The number of amides is 1. The second kappa shape index (κ2) is 4.48. The molecule has 0 saturated carbocycles. The molecule has 0 radical (unpaired) electrons. The predicted molar refractivity (Wildman–Crippen MR) is 63.0 cm³/mol. The molecule has 0 atom stereocenters. The monoisotopic (exact) mass is 263 g/mol. The summed E-state index contributed by atoms with van der Waals surface area (Å²) in [4.78, 5) is 34.1. The van der Waals surface area contributed by atoms with Gasteiger partial charge in [-0.15, -0.1) is 0 Å². The zero-order valence-electron chi connectivity index (χ0n) is 9.87. The number of hydrogen-bond donors (Lipinski definition) is 1. The summed E-state index contributed by atoms with van der Waals surface area (Å²) in [7, 11) is 1.17. The number of carbonyl (C=O) groups excluding carboxylic acids is 2. The molecule has 1 aliphatic rings. The third-order valence-electron chi connectivity index (χ3n) is 2.73. The minimum atomic E-state index is -0.666. The lowest BCUT2D eigenvalue weighted by molar-refractivity contribution is -0.384. The highest BCUT2D eigenvalue weighted by atomic mass is 16.6. The Hall–Kier alpha value is -2.77. The zero-order chi connectivity index (χ0) is 14.2. The molecule has 0 aliphatic carbocycles. The van der Waals surface area contributed by atoms with Crippen molar-refractivity contribution in [2.24, 2.45) is 0 Å². The Morgan fingerprint density at radius 3 is 2.74 bits per heavy atom. The Morgan fingerprint density at radius 1 is 1.47 bits per heavy atom. The van der Waals surface area contributed by atoms with Crippen LogP contribution in [-0.4, -0.2) is 41.2 Å². The molecule has 0 bridgehead atoms. The number of fused-ring (bicyclic) bond motifs is 1. The minimum Gasteiger partial charge on any atom is -0.468 e. The molecule has 19 heavy (non-hydrogen) atoms. The summed E-state index contributed by atoms with van der Waals surface area (Å²) in [5, 5.41) is 18.4. The number of esters is 1. The molecule has 1 aromatic rings. The van der Waals surface area contributed by atoms with Gasteiger partial charge in [0.05, 0.1) is 17.6 Å². The molecule has 8 heteroatoms. The van der Waals surface area contributed by atoms with Gasteiger partial charge in [-0.3, -0.25) is 30.0 Å². The fourth-order valence-electron chi connectivity index (χ4n) is 1.77. The quantitative estimate of drug-likeness (QED) is 0.486. The van der Waals surface area contributed by atoms with Crippen molar-refractivity contribution in [1.29, 1.82) is 5.41 Å². The standard InChI is InChI=1S/C11H9N3O5/c1-19-9(15)5-13-10(12)7-3-2-6(14(17)18)4-8(7)11(13)16/h2-4,12H,5H2,1H3. The van der Waals surface area contributed by atoms with Crippen LogP contribution in [0, 0.1) is 15.5 Å². The van der Waals surface area contributed by atoms with Crippen LogP contribution >= 0.6 is 0 Å². The molecule has 2 rings (SSSR count). The van der Waals surface area contributed by atoms with Crippen LogP contribution in [0.3, 0.4) is 0 Å². The van der Waals surface area contributed by atoms with Gasteiger partial charge >= 0.3 is 5.97 Å². The van der Waals surface area contributed by atoms with E-state index < -0.39 is 23.3 Å². The first-order valence-corrected chi connectivity index (χ1v) is 5.21.